The fourth-order valence-corrected chi connectivity index (χ4v) is 0.619. The van der Waals surface area contributed by atoms with E-state index in [-0.39, 0.29) is 0 Å². The van der Waals surface area contributed by atoms with Gasteiger partial charge in [-0.1, -0.05) is 19.8 Å². The zero-order chi connectivity index (χ0) is 8.69. The fourth-order valence-electron chi connectivity index (χ4n) is 0.619. The fraction of sp³-hybridized carbons (Fsp3) is 0.444. The average Bonchev–Trinajstić information content (AvgIpc) is 2.41. The molecule has 1 N–H and O–H groups in total. The molecule has 0 aliphatic heterocycles. The van der Waals surface area contributed by atoms with Crippen molar-refractivity contribution < 1.29 is 0 Å². The van der Waals surface area contributed by atoms with Gasteiger partial charge in [0.15, 0.2) is 0 Å². The summed E-state index contributed by atoms with van der Waals surface area (Å²) in [6.07, 6.45) is 1.73. The average molecular weight is 150 g/mol. The van der Waals surface area contributed by atoms with Gasteiger partial charge in [0.1, 0.15) is 11.5 Å². The van der Waals surface area contributed by atoms with Crippen LogP contribution in [-0.2, 0) is 0 Å². The van der Waals surface area contributed by atoms with Gasteiger partial charge in [0.05, 0.1) is 6.20 Å². The van der Waals surface area contributed by atoms with Crippen LogP contribution in [0.1, 0.15) is 32.3 Å². The van der Waals surface area contributed by atoms with Crippen molar-refractivity contribution >= 4 is 0 Å². The van der Waals surface area contributed by atoms with Gasteiger partial charge in [0.25, 0.3) is 0 Å². The van der Waals surface area contributed by atoms with Crippen LogP contribution in [0.4, 0.5) is 0 Å². The summed E-state index contributed by atoms with van der Waals surface area (Å²) in [7, 11) is 0. The quantitative estimate of drug-likeness (QED) is 0.564. The Morgan fingerprint density at radius 3 is 2.45 bits per heavy atom. The number of H-pyrrole nitrogens is 1. The number of aromatic amines is 1. The normalized spacial score (nSPS) is 7.27. The number of rotatable bonds is 0. The number of nitrogens with one attached hydrogen (secondary N) is 1. The SMILES string of the molecule is CC.CC#Cc1cnc(C)[nH]1. The van der Waals surface area contributed by atoms with Crippen LogP contribution in [0, 0.1) is 18.8 Å². The number of hydrogen-bond donors (Lipinski definition) is 1. The third-order valence-corrected chi connectivity index (χ3v) is 0.963. The molecule has 11 heavy (non-hydrogen) atoms. The minimum atomic E-state index is 0.884. The summed E-state index contributed by atoms with van der Waals surface area (Å²) < 4.78 is 0. The van der Waals surface area contributed by atoms with Crippen LogP contribution in [0.15, 0.2) is 6.20 Å². The number of imidazole rings is 1. The Balaban J connectivity index is 0.000000461. The summed E-state index contributed by atoms with van der Waals surface area (Å²) in [4.78, 5) is 6.97. The highest BCUT2D eigenvalue weighted by Crippen LogP contribution is 1.91. The Labute approximate surface area is 68.1 Å². The van der Waals surface area contributed by atoms with Crippen molar-refractivity contribution in [1.82, 2.24) is 9.97 Å². The highest BCUT2D eigenvalue weighted by molar-refractivity contribution is 5.24. The van der Waals surface area contributed by atoms with E-state index in [1.807, 2.05) is 20.8 Å². The summed E-state index contributed by atoms with van der Waals surface area (Å²) in [6, 6.07) is 0. The second-order valence-electron chi connectivity index (χ2n) is 1.76. The summed E-state index contributed by atoms with van der Waals surface area (Å²) in [5.41, 5.74) is 0.884. The molecule has 0 aromatic carbocycles. The molecular formula is C9H14N2. The van der Waals surface area contributed by atoms with Gasteiger partial charge < -0.3 is 4.98 Å². The molecule has 0 atom stereocenters. The molecule has 0 aliphatic rings. The molecule has 0 unspecified atom stereocenters. The van der Waals surface area contributed by atoms with Crippen molar-refractivity contribution in [2.75, 3.05) is 0 Å². The largest absolute Gasteiger partial charge is 0.336 e. The Morgan fingerprint density at radius 2 is 2.09 bits per heavy atom. The highest BCUT2D eigenvalue weighted by Gasteiger charge is 1.87. The van der Waals surface area contributed by atoms with Crippen molar-refractivity contribution in [3.05, 3.63) is 17.7 Å². The molecule has 2 heteroatoms. The predicted octanol–water partition coefficient (Wildman–Crippen LogP) is 2.12. The lowest BCUT2D eigenvalue weighted by atomic mass is 10.5. The van der Waals surface area contributed by atoms with E-state index in [1.54, 1.807) is 13.1 Å². The van der Waals surface area contributed by atoms with Crippen LogP contribution < -0.4 is 0 Å². The first-order valence-electron chi connectivity index (χ1n) is 3.77. The lowest BCUT2D eigenvalue weighted by Gasteiger charge is -1.75. The van der Waals surface area contributed by atoms with E-state index in [9.17, 15) is 0 Å². The molecule has 0 aliphatic carbocycles. The molecule has 0 saturated heterocycles. The minimum absolute atomic E-state index is 0.884. The number of nitrogens with zero attached hydrogens (tertiary/aromatic N) is 1. The van der Waals surface area contributed by atoms with E-state index in [2.05, 4.69) is 21.8 Å². The predicted molar refractivity (Wildman–Crippen MR) is 47.2 cm³/mol. The van der Waals surface area contributed by atoms with Crippen molar-refractivity contribution in [2.45, 2.75) is 27.7 Å². The molecule has 60 valence electrons. The second kappa shape index (κ2) is 5.55. The zero-order valence-corrected chi connectivity index (χ0v) is 7.52. The first-order chi connectivity index (χ1) is 5.33. The van der Waals surface area contributed by atoms with Crippen molar-refractivity contribution in [3.63, 3.8) is 0 Å². The first kappa shape index (κ1) is 9.77. The molecule has 1 aromatic rings. The van der Waals surface area contributed by atoms with E-state index < -0.39 is 0 Å². The Morgan fingerprint density at radius 1 is 1.45 bits per heavy atom. The van der Waals surface area contributed by atoms with Crippen LogP contribution >= 0.6 is 0 Å². The summed E-state index contributed by atoms with van der Waals surface area (Å²) >= 11 is 0. The molecule has 0 spiro atoms. The van der Waals surface area contributed by atoms with Gasteiger partial charge in [0.2, 0.25) is 0 Å². The Bertz CT molecular complexity index is 250. The third kappa shape index (κ3) is 3.47. The van der Waals surface area contributed by atoms with Crippen molar-refractivity contribution in [2.24, 2.45) is 0 Å². The third-order valence-electron chi connectivity index (χ3n) is 0.963. The van der Waals surface area contributed by atoms with E-state index >= 15 is 0 Å². The summed E-state index contributed by atoms with van der Waals surface area (Å²) in [6.45, 7) is 7.71. The highest BCUT2D eigenvalue weighted by atomic mass is 14.9. The van der Waals surface area contributed by atoms with Gasteiger partial charge in [-0.3, -0.25) is 0 Å². The first-order valence-corrected chi connectivity index (χ1v) is 3.77. The van der Waals surface area contributed by atoms with Gasteiger partial charge >= 0.3 is 0 Å². The second-order valence-corrected chi connectivity index (χ2v) is 1.76. The molecule has 1 heterocycles. The van der Waals surface area contributed by atoms with Crippen LogP contribution in [0.25, 0.3) is 0 Å². The van der Waals surface area contributed by atoms with Gasteiger partial charge in [-0.15, -0.1) is 0 Å². The topological polar surface area (TPSA) is 28.7 Å². The number of aromatic nitrogens is 2. The van der Waals surface area contributed by atoms with E-state index in [4.69, 9.17) is 0 Å². The maximum absolute atomic E-state index is 3.98. The van der Waals surface area contributed by atoms with E-state index in [0.29, 0.717) is 0 Å². The summed E-state index contributed by atoms with van der Waals surface area (Å²) in [5, 5.41) is 0. The van der Waals surface area contributed by atoms with Crippen molar-refractivity contribution in [1.29, 1.82) is 0 Å². The number of hydrogen-bond acceptors (Lipinski definition) is 1. The smallest absolute Gasteiger partial charge is 0.109 e. The molecule has 1 rings (SSSR count). The standard InChI is InChI=1S/C7H8N2.C2H6/c1-3-4-7-5-8-6(2)9-7;1-2/h5H,1-2H3,(H,8,9);1-2H3. The lowest BCUT2D eigenvalue weighted by Crippen LogP contribution is -1.72. The van der Waals surface area contributed by atoms with Crippen LogP contribution in [-0.4, -0.2) is 9.97 Å². The zero-order valence-electron chi connectivity index (χ0n) is 7.52. The van der Waals surface area contributed by atoms with E-state index in [1.165, 1.54) is 0 Å². The minimum Gasteiger partial charge on any atom is -0.336 e. The molecule has 2 nitrogen and oxygen atoms in total. The Kier molecular flexibility index (Phi) is 4.93. The van der Waals surface area contributed by atoms with Crippen LogP contribution in [0.5, 0.6) is 0 Å². The van der Waals surface area contributed by atoms with Gasteiger partial charge in [-0.25, -0.2) is 4.98 Å². The summed E-state index contributed by atoms with van der Waals surface area (Å²) in [5.74, 6) is 6.55. The molecule has 0 fully saturated rings. The van der Waals surface area contributed by atoms with Crippen LogP contribution in [0.3, 0.4) is 0 Å². The van der Waals surface area contributed by atoms with Gasteiger partial charge in [0, 0.05) is 0 Å². The van der Waals surface area contributed by atoms with Gasteiger partial charge in [-0.05, 0) is 19.8 Å². The van der Waals surface area contributed by atoms with Crippen molar-refractivity contribution in [3.8, 4) is 11.8 Å². The molecule has 0 saturated carbocycles. The molecular weight excluding hydrogens is 136 g/mol. The number of aryl methyl sites for hydroxylation is 1. The molecule has 0 amide bonds. The molecule has 0 radical (unpaired) electrons. The maximum Gasteiger partial charge on any atom is 0.109 e. The molecule has 1 aromatic heterocycles. The molecule has 0 bridgehead atoms. The monoisotopic (exact) mass is 150 g/mol. The van der Waals surface area contributed by atoms with Crippen LogP contribution in [0.2, 0.25) is 0 Å². The lowest BCUT2D eigenvalue weighted by molar-refractivity contribution is 1.14. The maximum atomic E-state index is 3.98. The van der Waals surface area contributed by atoms with Gasteiger partial charge in [-0.2, -0.15) is 0 Å². The Hall–Kier alpha value is -1.23. The van der Waals surface area contributed by atoms with E-state index in [0.717, 1.165) is 11.5 Å².